The lowest BCUT2D eigenvalue weighted by Gasteiger charge is -2.28. The van der Waals surface area contributed by atoms with Crippen molar-refractivity contribution in [1.29, 1.82) is 0 Å². The lowest BCUT2D eigenvalue weighted by molar-refractivity contribution is -0.182. The number of hydrogen-bond acceptors (Lipinski definition) is 5. The van der Waals surface area contributed by atoms with E-state index in [0.29, 0.717) is 40.9 Å². The van der Waals surface area contributed by atoms with E-state index in [-0.39, 0.29) is 29.2 Å². The number of alkyl halides is 3. The average Bonchev–Trinajstić information content (AvgIpc) is 2.92. The fourth-order valence-electron chi connectivity index (χ4n) is 4.38. The predicted octanol–water partition coefficient (Wildman–Crippen LogP) is 5.93. The Morgan fingerprint density at radius 3 is 2.22 bits per heavy atom. The second kappa shape index (κ2) is 12.6. The molecule has 1 atom stereocenters. The Morgan fingerprint density at radius 1 is 1.05 bits per heavy atom. The number of hydrogen-bond donors (Lipinski definition) is 2. The number of nitrogens with two attached hydrogens (primary N) is 1. The maximum atomic E-state index is 14.9. The van der Waals surface area contributed by atoms with Crippen LogP contribution >= 0.6 is 0 Å². The number of allylic oxidation sites excluding steroid dienone is 1. The molecule has 0 fully saturated rings. The van der Waals surface area contributed by atoms with Crippen molar-refractivity contribution in [2.45, 2.75) is 71.5 Å². The zero-order chi connectivity index (χ0) is 30.5. The Bertz CT molecular complexity index is 1440. The van der Waals surface area contributed by atoms with E-state index in [4.69, 9.17) is 5.73 Å². The first-order chi connectivity index (χ1) is 19.2. The van der Waals surface area contributed by atoms with Crippen LogP contribution in [0.3, 0.4) is 0 Å². The van der Waals surface area contributed by atoms with E-state index >= 15 is 0 Å². The minimum atomic E-state index is -4.67. The minimum Gasteiger partial charge on any atom is -0.366 e. The van der Waals surface area contributed by atoms with E-state index in [0.717, 1.165) is 20.0 Å². The van der Waals surface area contributed by atoms with Gasteiger partial charge in [0.15, 0.2) is 0 Å². The summed E-state index contributed by atoms with van der Waals surface area (Å²) < 4.78 is 54.8. The van der Waals surface area contributed by atoms with E-state index in [9.17, 15) is 27.2 Å². The van der Waals surface area contributed by atoms with Gasteiger partial charge in [-0.2, -0.15) is 13.2 Å². The van der Waals surface area contributed by atoms with Gasteiger partial charge in [-0.3, -0.25) is 14.6 Å². The molecule has 3 N–H and O–H groups in total. The predicted molar refractivity (Wildman–Crippen MR) is 148 cm³/mol. The van der Waals surface area contributed by atoms with E-state index in [1.807, 2.05) is 19.2 Å². The lowest BCUT2D eigenvalue weighted by atomic mass is 9.86. The van der Waals surface area contributed by atoms with Gasteiger partial charge < -0.3 is 11.1 Å². The first-order valence-corrected chi connectivity index (χ1v) is 13.1. The van der Waals surface area contributed by atoms with Gasteiger partial charge in [-0.25, -0.2) is 14.4 Å². The zero-order valence-corrected chi connectivity index (χ0v) is 23.6. The van der Waals surface area contributed by atoms with Crippen LogP contribution in [-0.2, 0) is 11.2 Å². The highest BCUT2D eigenvalue weighted by atomic mass is 19.4. The maximum absolute atomic E-state index is 14.9. The Balaban J connectivity index is 2.18. The summed E-state index contributed by atoms with van der Waals surface area (Å²) in [6.45, 7) is 7.20. The molecule has 41 heavy (non-hydrogen) atoms. The standard InChI is InChI=1S/C30H33F4N5O2/c1-6-18-13-17(3)21(15-23(18)31)25(26(35)40)22(14-19(7-2)27-36-11-8-12-37-27)24-10-9-20(16-38-24)28(41)39-29(4,5)30(32,33)34/h8-13,15-16,19H,6-7,14H2,1-5H3,(H2,35,40)(H,39,41). The van der Waals surface area contributed by atoms with Crippen molar-refractivity contribution in [3.05, 3.63) is 88.5 Å². The van der Waals surface area contributed by atoms with Crippen molar-refractivity contribution in [3.63, 3.8) is 0 Å². The maximum Gasteiger partial charge on any atom is 0.410 e. The van der Waals surface area contributed by atoms with Crippen LogP contribution in [0.15, 0.2) is 48.9 Å². The van der Waals surface area contributed by atoms with Crippen LogP contribution in [0, 0.1) is 12.7 Å². The number of aryl methyl sites for hydroxylation is 2. The van der Waals surface area contributed by atoms with Crippen LogP contribution in [-0.4, -0.2) is 38.5 Å². The van der Waals surface area contributed by atoms with E-state index in [1.165, 1.54) is 18.2 Å². The highest BCUT2D eigenvalue weighted by Crippen LogP contribution is 2.37. The van der Waals surface area contributed by atoms with Gasteiger partial charge >= 0.3 is 6.18 Å². The monoisotopic (exact) mass is 571 g/mol. The first-order valence-electron chi connectivity index (χ1n) is 13.1. The highest BCUT2D eigenvalue weighted by Gasteiger charge is 2.48. The summed E-state index contributed by atoms with van der Waals surface area (Å²) in [5.41, 5.74) is 5.37. The highest BCUT2D eigenvalue weighted by molar-refractivity contribution is 6.26. The molecule has 0 aliphatic carbocycles. The lowest BCUT2D eigenvalue weighted by Crippen LogP contribution is -2.54. The van der Waals surface area contributed by atoms with Gasteiger partial charge in [0, 0.05) is 24.5 Å². The molecule has 2 heterocycles. The number of primary amides is 1. The molecule has 1 unspecified atom stereocenters. The summed E-state index contributed by atoms with van der Waals surface area (Å²) in [6.07, 6.45) is 0.875. The molecule has 0 spiro atoms. The quantitative estimate of drug-likeness (QED) is 0.231. The van der Waals surface area contributed by atoms with E-state index < -0.39 is 29.3 Å². The van der Waals surface area contributed by atoms with Crippen molar-refractivity contribution < 1.29 is 27.2 Å². The third-order valence-electron chi connectivity index (χ3n) is 6.96. The molecule has 0 aliphatic heterocycles. The summed E-state index contributed by atoms with van der Waals surface area (Å²) in [5.74, 6) is -2.03. The van der Waals surface area contributed by atoms with Gasteiger partial charge in [0.05, 0.1) is 16.8 Å². The van der Waals surface area contributed by atoms with Crippen molar-refractivity contribution in [1.82, 2.24) is 20.3 Å². The number of halogens is 4. The normalized spacial score (nSPS) is 13.4. The van der Waals surface area contributed by atoms with Gasteiger partial charge in [-0.1, -0.05) is 19.9 Å². The third-order valence-corrected chi connectivity index (χ3v) is 6.96. The molecule has 0 saturated carbocycles. The summed E-state index contributed by atoms with van der Waals surface area (Å²) in [7, 11) is 0. The average molecular weight is 572 g/mol. The number of amides is 2. The van der Waals surface area contributed by atoms with Crippen molar-refractivity contribution >= 4 is 23.0 Å². The second-order valence-electron chi connectivity index (χ2n) is 10.3. The van der Waals surface area contributed by atoms with Gasteiger partial charge in [0.2, 0.25) is 5.91 Å². The fraction of sp³-hybridized carbons (Fsp3) is 0.367. The van der Waals surface area contributed by atoms with Crippen molar-refractivity contribution in [2.75, 3.05) is 0 Å². The molecule has 3 rings (SSSR count). The number of carbonyl (C=O) groups excluding carboxylic acids is 2. The summed E-state index contributed by atoms with van der Waals surface area (Å²) in [6, 6.07) is 7.35. The number of benzene rings is 1. The molecular weight excluding hydrogens is 538 g/mol. The minimum absolute atomic E-state index is 0.0429. The summed E-state index contributed by atoms with van der Waals surface area (Å²) in [4.78, 5) is 38.6. The number of nitrogens with zero attached hydrogens (tertiary/aromatic N) is 3. The van der Waals surface area contributed by atoms with Crippen LogP contribution in [0.2, 0.25) is 0 Å². The fourth-order valence-corrected chi connectivity index (χ4v) is 4.38. The topological polar surface area (TPSA) is 111 Å². The van der Waals surface area contributed by atoms with Crippen molar-refractivity contribution in [3.8, 4) is 0 Å². The Hall–Kier alpha value is -4.15. The van der Waals surface area contributed by atoms with Gasteiger partial charge in [-0.15, -0.1) is 0 Å². The van der Waals surface area contributed by atoms with Gasteiger partial charge in [0.25, 0.3) is 5.91 Å². The molecule has 3 aromatic rings. The van der Waals surface area contributed by atoms with Crippen LogP contribution in [0.1, 0.15) is 85.0 Å². The Kier molecular flexibility index (Phi) is 9.62. The number of carbonyl (C=O) groups is 2. The second-order valence-corrected chi connectivity index (χ2v) is 10.3. The van der Waals surface area contributed by atoms with Gasteiger partial charge in [0.1, 0.15) is 17.2 Å². The number of pyridine rings is 1. The molecule has 2 amide bonds. The Morgan fingerprint density at radius 2 is 1.71 bits per heavy atom. The number of rotatable bonds is 10. The number of nitrogens with one attached hydrogen (secondary N) is 1. The molecule has 218 valence electrons. The molecule has 2 aromatic heterocycles. The van der Waals surface area contributed by atoms with Crippen LogP contribution in [0.4, 0.5) is 17.6 Å². The van der Waals surface area contributed by atoms with Crippen LogP contribution in [0.5, 0.6) is 0 Å². The molecule has 7 nitrogen and oxygen atoms in total. The zero-order valence-electron chi connectivity index (χ0n) is 23.6. The van der Waals surface area contributed by atoms with Crippen LogP contribution in [0.25, 0.3) is 11.1 Å². The molecule has 0 aliphatic rings. The molecule has 0 bridgehead atoms. The molecular formula is C30H33F4N5O2. The number of aromatic nitrogens is 3. The molecule has 11 heteroatoms. The summed E-state index contributed by atoms with van der Waals surface area (Å²) >= 11 is 0. The molecule has 1 aromatic carbocycles. The smallest absolute Gasteiger partial charge is 0.366 e. The summed E-state index contributed by atoms with van der Waals surface area (Å²) in [5, 5.41) is 1.97. The van der Waals surface area contributed by atoms with E-state index in [1.54, 1.807) is 31.5 Å². The van der Waals surface area contributed by atoms with Gasteiger partial charge in [-0.05, 0) is 86.6 Å². The van der Waals surface area contributed by atoms with Crippen molar-refractivity contribution in [2.24, 2.45) is 5.73 Å². The molecule has 0 radical (unpaired) electrons. The third kappa shape index (κ3) is 7.14. The Labute approximate surface area is 236 Å². The van der Waals surface area contributed by atoms with Crippen LogP contribution < -0.4 is 11.1 Å². The SMILES string of the molecule is CCc1cc(C)c(C(C(N)=O)=C(CC(CC)c2ncccn2)c2ccc(C(=O)NC(C)(C)C(F)(F)F)cn2)cc1F. The van der Waals surface area contributed by atoms with E-state index in [2.05, 4.69) is 15.0 Å². The molecule has 0 saturated heterocycles. The largest absolute Gasteiger partial charge is 0.410 e. The first kappa shape index (κ1) is 31.4.